The zero-order valence-corrected chi connectivity index (χ0v) is 13.4. The lowest BCUT2D eigenvalue weighted by Gasteiger charge is -2.20. The third kappa shape index (κ3) is 3.75. The van der Waals surface area contributed by atoms with Gasteiger partial charge in [0, 0.05) is 12.7 Å². The summed E-state index contributed by atoms with van der Waals surface area (Å²) in [6, 6.07) is 10.1. The van der Waals surface area contributed by atoms with Crippen LogP contribution in [0.25, 0.3) is 0 Å². The van der Waals surface area contributed by atoms with Gasteiger partial charge in [0.25, 0.3) is 0 Å². The molecule has 4 nitrogen and oxygen atoms in total. The zero-order chi connectivity index (χ0) is 15.1. The third-order valence-corrected chi connectivity index (χ3v) is 4.17. The number of hydrogen-bond acceptors (Lipinski definition) is 5. The second-order valence-corrected chi connectivity index (χ2v) is 5.40. The molecule has 2 aromatic rings. The molecule has 1 aromatic carbocycles. The molecule has 114 valence electrons. The van der Waals surface area contributed by atoms with Gasteiger partial charge >= 0.3 is 0 Å². The van der Waals surface area contributed by atoms with Crippen LogP contribution in [0.15, 0.2) is 35.7 Å². The summed E-state index contributed by atoms with van der Waals surface area (Å²) >= 11 is 1.67. The molecule has 1 N–H and O–H groups in total. The molecule has 21 heavy (non-hydrogen) atoms. The minimum atomic E-state index is 0.0405. The topological polar surface area (TPSA) is 39.7 Å². The monoisotopic (exact) mass is 307 g/mol. The van der Waals surface area contributed by atoms with E-state index in [4.69, 9.17) is 14.2 Å². The zero-order valence-electron chi connectivity index (χ0n) is 12.6. The lowest BCUT2D eigenvalue weighted by atomic mass is 10.0. The third-order valence-electron chi connectivity index (χ3n) is 3.20. The lowest BCUT2D eigenvalue weighted by Crippen LogP contribution is -2.18. The molecular weight excluding hydrogens is 286 g/mol. The van der Waals surface area contributed by atoms with Gasteiger partial charge in [0.1, 0.15) is 18.1 Å². The van der Waals surface area contributed by atoms with E-state index in [2.05, 4.69) is 11.4 Å². The van der Waals surface area contributed by atoms with Crippen LogP contribution in [0.3, 0.4) is 0 Å². The second kappa shape index (κ2) is 8.02. The smallest absolute Gasteiger partial charge is 0.134 e. The average molecular weight is 307 g/mol. The Balaban J connectivity index is 2.29. The highest BCUT2D eigenvalue weighted by Crippen LogP contribution is 2.37. The Morgan fingerprint density at radius 1 is 1.10 bits per heavy atom. The predicted molar refractivity (Wildman–Crippen MR) is 85.6 cm³/mol. The largest absolute Gasteiger partial charge is 0.496 e. The van der Waals surface area contributed by atoms with Crippen molar-refractivity contribution in [2.24, 2.45) is 0 Å². The molecule has 0 aliphatic rings. The number of benzene rings is 1. The molecule has 0 amide bonds. The van der Waals surface area contributed by atoms with E-state index in [0.29, 0.717) is 13.2 Å². The van der Waals surface area contributed by atoms with Crippen molar-refractivity contribution in [2.45, 2.75) is 6.04 Å². The Morgan fingerprint density at radius 2 is 1.90 bits per heavy atom. The number of hydrogen-bond donors (Lipinski definition) is 1. The van der Waals surface area contributed by atoms with Crippen LogP contribution in [0.1, 0.15) is 16.5 Å². The minimum absolute atomic E-state index is 0.0405. The standard InChI is InChI=1S/C16H21NO3S/c1-17-15(16-14(19-3)8-11-21-16)12-6-4-5-7-13(12)20-10-9-18-2/h4-8,11,15,17H,9-10H2,1-3H3. The van der Waals surface area contributed by atoms with Crippen molar-refractivity contribution >= 4 is 11.3 Å². The molecule has 0 saturated heterocycles. The Morgan fingerprint density at radius 3 is 2.62 bits per heavy atom. The van der Waals surface area contributed by atoms with E-state index in [1.54, 1.807) is 25.6 Å². The summed E-state index contributed by atoms with van der Waals surface area (Å²) in [5, 5.41) is 5.38. The molecular formula is C16H21NO3S. The van der Waals surface area contributed by atoms with Crippen LogP contribution in [-0.2, 0) is 4.74 Å². The number of thiophene rings is 1. The van der Waals surface area contributed by atoms with Gasteiger partial charge in [0.05, 0.1) is 24.6 Å². The number of rotatable bonds is 8. The Bertz CT molecular complexity index is 556. The Hall–Kier alpha value is -1.56. The number of methoxy groups -OCH3 is 2. The quantitative estimate of drug-likeness (QED) is 0.761. The first-order chi connectivity index (χ1) is 10.3. The first-order valence-corrected chi connectivity index (χ1v) is 7.69. The maximum absolute atomic E-state index is 5.83. The maximum Gasteiger partial charge on any atom is 0.134 e. The first kappa shape index (κ1) is 15.8. The summed E-state index contributed by atoms with van der Waals surface area (Å²) in [5.74, 6) is 1.76. The normalized spacial score (nSPS) is 12.1. The Labute approximate surface area is 129 Å². The van der Waals surface area contributed by atoms with Crippen LogP contribution >= 0.6 is 11.3 Å². The molecule has 0 aliphatic heterocycles. The number of para-hydroxylation sites is 1. The van der Waals surface area contributed by atoms with Gasteiger partial charge in [-0.15, -0.1) is 11.3 Å². The van der Waals surface area contributed by atoms with Crippen molar-refractivity contribution in [1.29, 1.82) is 0 Å². The minimum Gasteiger partial charge on any atom is -0.496 e. The molecule has 0 fully saturated rings. The van der Waals surface area contributed by atoms with E-state index < -0.39 is 0 Å². The molecule has 0 saturated carbocycles. The van der Waals surface area contributed by atoms with Crippen LogP contribution in [-0.4, -0.2) is 34.5 Å². The van der Waals surface area contributed by atoms with Gasteiger partial charge in [-0.1, -0.05) is 18.2 Å². The van der Waals surface area contributed by atoms with Crippen LogP contribution < -0.4 is 14.8 Å². The van der Waals surface area contributed by atoms with E-state index >= 15 is 0 Å². The average Bonchev–Trinajstić information content (AvgIpc) is 2.98. The van der Waals surface area contributed by atoms with Gasteiger partial charge in [0.2, 0.25) is 0 Å². The molecule has 0 aliphatic carbocycles. The summed E-state index contributed by atoms with van der Waals surface area (Å²) in [6.45, 7) is 1.10. The van der Waals surface area contributed by atoms with Crippen molar-refractivity contribution in [3.8, 4) is 11.5 Å². The van der Waals surface area contributed by atoms with Gasteiger partial charge in [-0.3, -0.25) is 0 Å². The van der Waals surface area contributed by atoms with Crippen molar-refractivity contribution in [3.63, 3.8) is 0 Å². The maximum atomic E-state index is 5.83. The first-order valence-electron chi connectivity index (χ1n) is 6.81. The number of nitrogens with one attached hydrogen (secondary N) is 1. The fraction of sp³-hybridized carbons (Fsp3) is 0.375. The van der Waals surface area contributed by atoms with Gasteiger partial charge < -0.3 is 19.5 Å². The van der Waals surface area contributed by atoms with Crippen molar-refractivity contribution in [2.75, 3.05) is 34.5 Å². The van der Waals surface area contributed by atoms with Gasteiger partial charge in [-0.05, 0) is 24.6 Å². The summed E-state index contributed by atoms with van der Waals surface area (Å²) in [5.41, 5.74) is 1.09. The molecule has 2 rings (SSSR count). The highest BCUT2D eigenvalue weighted by molar-refractivity contribution is 7.10. The molecule has 1 atom stereocenters. The summed E-state index contributed by atoms with van der Waals surface area (Å²) in [6.07, 6.45) is 0. The Kier molecular flexibility index (Phi) is 6.04. The highest BCUT2D eigenvalue weighted by Gasteiger charge is 2.21. The fourth-order valence-electron chi connectivity index (χ4n) is 2.20. The van der Waals surface area contributed by atoms with E-state index in [0.717, 1.165) is 21.9 Å². The van der Waals surface area contributed by atoms with E-state index in [1.165, 1.54) is 0 Å². The summed E-state index contributed by atoms with van der Waals surface area (Å²) in [4.78, 5) is 1.14. The lowest BCUT2D eigenvalue weighted by molar-refractivity contribution is 0.145. The molecule has 0 spiro atoms. The van der Waals surface area contributed by atoms with Crippen LogP contribution in [0.4, 0.5) is 0 Å². The van der Waals surface area contributed by atoms with Crippen molar-refractivity contribution in [1.82, 2.24) is 5.32 Å². The van der Waals surface area contributed by atoms with Crippen LogP contribution in [0.5, 0.6) is 11.5 Å². The molecule has 1 aromatic heterocycles. The number of ether oxygens (including phenoxy) is 3. The van der Waals surface area contributed by atoms with E-state index in [1.807, 2.05) is 36.7 Å². The summed E-state index contributed by atoms with van der Waals surface area (Å²) < 4.78 is 16.3. The van der Waals surface area contributed by atoms with Crippen LogP contribution in [0, 0.1) is 0 Å². The molecule has 1 heterocycles. The highest BCUT2D eigenvalue weighted by atomic mass is 32.1. The fourth-order valence-corrected chi connectivity index (χ4v) is 3.19. The molecule has 0 bridgehead atoms. The van der Waals surface area contributed by atoms with Gasteiger partial charge in [0.15, 0.2) is 0 Å². The van der Waals surface area contributed by atoms with Gasteiger partial charge in [-0.25, -0.2) is 0 Å². The summed E-state index contributed by atoms with van der Waals surface area (Å²) in [7, 11) is 5.30. The molecule has 0 radical (unpaired) electrons. The second-order valence-electron chi connectivity index (χ2n) is 4.45. The van der Waals surface area contributed by atoms with Gasteiger partial charge in [-0.2, -0.15) is 0 Å². The molecule has 5 heteroatoms. The van der Waals surface area contributed by atoms with Crippen molar-refractivity contribution < 1.29 is 14.2 Å². The van der Waals surface area contributed by atoms with E-state index in [9.17, 15) is 0 Å². The predicted octanol–water partition coefficient (Wildman–Crippen LogP) is 3.09. The van der Waals surface area contributed by atoms with Crippen molar-refractivity contribution in [3.05, 3.63) is 46.2 Å². The van der Waals surface area contributed by atoms with Crippen LogP contribution in [0.2, 0.25) is 0 Å². The molecule has 1 unspecified atom stereocenters. The van der Waals surface area contributed by atoms with E-state index in [-0.39, 0.29) is 6.04 Å². The SMILES string of the molecule is CNC(c1ccccc1OCCOC)c1sccc1OC.